The molecule has 1 aliphatic rings. The number of ether oxygens (including phenoxy) is 2. The zero-order valence-corrected chi connectivity index (χ0v) is 10.9. The predicted molar refractivity (Wildman–Crippen MR) is 68.6 cm³/mol. The molecule has 0 aliphatic carbocycles. The molecule has 1 saturated heterocycles. The maximum absolute atomic E-state index is 13.3. The number of nitrogens with one attached hydrogen (secondary N) is 1. The Hall–Kier alpha value is -2.13. The van der Waals surface area contributed by atoms with Crippen LogP contribution in [-0.4, -0.2) is 31.8 Å². The van der Waals surface area contributed by atoms with E-state index in [0.717, 1.165) is 19.4 Å². The summed E-state index contributed by atoms with van der Waals surface area (Å²) in [6, 6.07) is 5.76. The lowest BCUT2D eigenvalue weighted by Crippen LogP contribution is -2.35. The molecule has 0 saturated carbocycles. The van der Waals surface area contributed by atoms with Gasteiger partial charge in [0.05, 0.1) is 6.10 Å². The number of hydrogen-bond donors (Lipinski definition) is 1. The van der Waals surface area contributed by atoms with Gasteiger partial charge in [0.2, 0.25) is 0 Å². The number of halogens is 1. The largest absolute Gasteiger partial charge is 0.482 e. The minimum Gasteiger partial charge on any atom is -0.482 e. The minimum absolute atomic E-state index is 0.0581. The van der Waals surface area contributed by atoms with Crippen LogP contribution >= 0.6 is 0 Å². The van der Waals surface area contributed by atoms with E-state index in [0.29, 0.717) is 6.54 Å². The summed E-state index contributed by atoms with van der Waals surface area (Å²) in [5.41, 5.74) is -0.195. The predicted octanol–water partition coefficient (Wildman–Crippen LogP) is 1.37. The molecular weight excluding hydrogens is 263 g/mol. The van der Waals surface area contributed by atoms with E-state index in [9.17, 15) is 9.18 Å². The van der Waals surface area contributed by atoms with Crippen molar-refractivity contribution in [1.29, 1.82) is 5.26 Å². The number of nitriles is 1. The molecule has 0 unspecified atom stereocenters. The van der Waals surface area contributed by atoms with Crippen LogP contribution in [0.5, 0.6) is 5.75 Å². The second-order valence-corrected chi connectivity index (χ2v) is 4.45. The summed E-state index contributed by atoms with van der Waals surface area (Å²) in [6.07, 6.45) is 2.00. The van der Waals surface area contributed by atoms with E-state index in [1.165, 1.54) is 18.2 Å². The third kappa shape index (κ3) is 3.68. The van der Waals surface area contributed by atoms with Gasteiger partial charge in [0.25, 0.3) is 5.91 Å². The fourth-order valence-electron chi connectivity index (χ4n) is 1.96. The summed E-state index contributed by atoms with van der Waals surface area (Å²) in [5.74, 6) is -0.918. The van der Waals surface area contributed by atoms with E-state index >= 15 is 0 Å². The van der Waals surface area contributed by atoms with Crippen LogP contribution in [0.4, 0.5) is 4.39 Å². The molecule has 0 bridgehead atoms. The summed E-state index contributed by atoms with van der Waals surface area (Å²) < 4.78 is 23.8. The Bertz CT molecular complexity index is 522. The summed E-state index contributed by atoms with van der Waals surface area (Å²) >= 11 is 0. The van der Waals surface area contributed by atoms with E-state index < -0.39 is 5.82 Å². The SMILES string of the molecule is N#Cc1c(F)cccc1OCC(=O)NC[C@H]1CCCO1. The highest BCUT2D eigenvalue weighted by molar-refractivity contribution is 5.77. The Balaban J connectivity index is 1.81. The van der Waals surface area contributed by atoms with Crippen LogP contribution in [0, 0.1) is 17.1 Å². The van der Waals surface area contributed by atoms with Gasteiger partial charge in [0.15, 0.2) is 6.61 Å². The Kier molecular flexibility index (Phi) is 4.91. The molecule has 1 aliphatic heterocycles. The first kappa shape index (κ1) is 14.3. The molecule has 1 heterocycles. The molecule has 20 heavy (non-hydrogen) atoms. The minimum atomic E-state index is -0.662. The van der Waals surface area contributed by atoms with Crippen molar-refractivity contribution in [3.05, 3.63) is 29.6 Å². The molecule has 1 N–H and O–H groups in total. The third-order valence-corrected chi connectivity index (χ3v) is 3.00. The molecule has 0 spiro atoms. The number of benzene rings is 1. The highest BCUT2D eigenvalue weighted by Gasteiger charge is 2.16. The first-order chi connectivity index (χ1) is 9.70. The smallest absolute Gasteiger partial charge is 0.258 e. The van der Waals surface area contributed by atoms with Crippen molar-refractivity contribution in [2.45, 2.75) is 18.9 Å². The molecule has 1 aromatic rings. The molecule has 6 heteroatoms. The number of hydrogen-bond acceptors (Lipinski definition) is 4. The fraction of sp³-hybridized carbons (Fsp3) is 0.429. The van der Waals surface area contributed by atoms with Crippen molar-refractivity contribution in [3.63, 3.8) is 0 Å². The fourth-order valence-corrected chi connectivity index (χ4v) is 1.96. The van der Waals surface area contributed by atoms with Gasteiger partial charge in [-0.1, -0.05) is 6.07 Å². The summed E-state index contributed by atoms with van der Waals surface area (Å²) in [5, 5.41) is 11.5. The molecule has 0 radical (unpaired) electrons. The zero-order chi connectivity index (χ0) is 14.4. The van der Waals surface area contributed by atoms with Gasteiger partial charge in [-0.2, -0.15) is 5.26 Å². The number of carbonyl (C=O) groups is 1. The quantitative estimate of drug-likeness (QED) is 0.883. The van der Waals surface area contributed by atoms with Crippen molar-refractivity contribution in [2.24, 2.45) is 0 Å². The number of amides is 1. The van der Waals surface area contributed by atoms with Gasteiger partial charge in [-0.25, -0.2) is 4.39 Å². The molecule has 106 valence electrons. The van der Waals surface area contributed by atoms with Crippen LogP contribution in [0.25, 0.3) is 0 Å². The van der Waals surface area contributed by atoms with Gasteiger partial charge in [0, 0.05) is 13.2 Å². The summed E-state index contributed by atoms with van der Waals surface area (Å²) in [6.45, 7) is 0.910. The van der Waals surface area contributed by atoms with Crippen LogP contribution in [0.3, 0.4) is 0 Å². The van der Waals surface area contributed by atoms with Gasteiger partial charge in [0.1, 0.15) is 23.2 Å². The monoisotopic (exact) mass is 278 g/mol. The van der Waals surface area contributed by atoms with Crippen molar-refractivity contribution in [2.75, 3.05) is 19.8 Å². The van der Waals surface area contributed by atoms with Gasteiger partial charge >= 0.3 is 0 Å². The third-order valence-electron chi connectivity index (χ3n) is 3.00. The van der Waals surface area contributed by atoms with Crippen molar-refractivity contribution < 1.29 is 18.7 Å². The average molecular weight is 278 g/mol. The standard InChI is InChI=1S/C14H15FN2O3/c15-12-4-1-5-13(11(12)7-16)20-9-14(18)17-8-10-3-2-6-19-10/h1,4-5,10H,2-3,6,8-9H2,(H,17,18)/t10-/m1/s1. The number of carbonyl (C=O) groups excluding carboxylic acids is 1. The lowest BCUT2D eigenvalue weighted by Gasteiger charge is -2.12. The highest BCUT2D eigenvalue weighted by Crippen LogP contribution is 2.20. The molecule has 2 rings (SSSR count). The van der Waals surface area contributed by atoms with Gasteiger partial charge in [-0.15, -0.1) is 0 Å². The average Bonchev–Trinajstić information content (AvgIpc) is 2.96. The molecule has 1 atom stereocenters. The molecule has 1 fully saturated rings. The normalized spacial score (nSPS) is 17.5. The van der Waals surface area contributed by atoms with Crippen LogP contribution in [-0.2, 0) is 9.53 Å². The van der Waals surface area contributed by atoms with Crippen molar-refractivity contribution in [3.8, 4) is 11.8 Å². The lowest BCUT2D eigenvalue weighted by molar-refractivity contribution is -0.123. The van der Waals surface area contributed by atoms with E-state index in [2.05, 4.69) is 5.32 Å². The van der Waals surface area contributed by atoms with Crippen LogP contribution in [0.2, 0.25) is 0 Å². The topological polar surface area (TPSA) is 71.3 Å². The Labute approximate surface area is 116 Å². The molecule has 5 nitrogen and oxygen atoms in total. The summed E-state index contributed by atoms with van der Waals surface area (Å²) in [7, 11) is 0. The maximum Gasteiger partial charge on any atom is 0.258 e. The lowest BCUT2D eigenvalue weighted by atomic mass is 10.2. The van der Waals surface area contributed by atoms with Gasteiger partial charge < -0.3 is 14.8 Å². The van der Waals surface area contributed by atoms with Gasteiger partial charge in [-0.3, -0.25) is 4.79 Å². The second-order valence-electron chi connectivity index (χ2n) is 4.45. The maximum atomic E-state index is 13.3. The van der Waals surface area contributed by atoms with E-state index in [-0.39, 0.29) is 29.9 Å². The van der Waals surface area contributed by atoms with Crippen LogP contribution in [0.15, 0.2) is 18.2 Å². The molecule has 1 aromatic carbocycles. The van der Waals surface area contributed by atoms with E-state index in [4.69, 9.17) is 14.7 Å². The Morgan fingerprint density at radius 3 is 3.15 bits per heavy atom. The van der Waals surface area contributed by atoms with E-state index in [1.807, 2.05) is 0 Å². The first-order valence-electron chi connectivity index (χ1n) is 6.40. The summed E-state index contributed by atoms with van der Waals surface area (Å²) in [4.78, 5) is 11.6. The van der Waals surface area contributed by atoms with Crippen molar-refractivity contribution >= 4 is 5.91 Å². The first-order valence-corrected chi connectivity index (χ1v) is 6.40. The second kappa shape index (κ2) is 6.87. The van der Waals surface area contributed by atoms with Gasteiger partial charge in [-0.05, 0) is 25.0 Å². The molecule has 1 amide bonds. The van der Waals surface area contributed by atoms with E-state index in [1.54, 1.807) is 6.07 Å². The van der Waals surface area contributed by atoms with Crippen LogP contribution in [0.1, 0.15) is 18.4 Å². The Morgan fingerprint density at radius 1 is 1.60 bits per heavy atom. The molecular formula is C14H15FN2O3. The van der Waals surface area contributed by atoms with Crippen LogP contribution < -0.4 is 10.1 Å². The highest BCUT2D eigenvalue weighted by atomic mass is 19.1. The number of nitrogens with zero attached hydrogens (tertiary/aromatic N) is 1. The molecule has 0 aromatic heterocycles. The number of rotatable bonds is 5. The Morgan fingerprint density at radius 2 is 2.45 bits per heavy atom. The van der Waals surface area contributed by atoms with Crippen molar-refractivity contribution in [1.82, 2.24) is 5.32 Å². The zero-order valence-electron chi connectivity index (χ0n) is 10.9.